The van der Waals surface area contributed by atoms with Gasteiger partial charge in [0.1, 0.15) is 0 Å². The van der Waals surface area contributed by atoms with Crippen molar-refractivity contribution in [2.75, 3.05) is 11.9 Å². The standard InChI is InChI=1S/C18H15ClF2N2O4/c1-9-3-4-15(10(2)5-9)22-18(26)23-16(24)8-27-17(25)11-6-13(20)14(21)7-12(11)19/h3-7H,8H2,1-2H3,(H2,22,23,24,26). The lowest BCUT2D eigenvalue weighted by atomic mass is 10.1. The molecule has 0 aromatic heterocycles. The highest BCUT2D eigenvalue weighted by molar-refractivity contribution is 6.33. The number of carbonyl (C=O) groups excluding carboxylic acids is 3. The number of ether oxygens (including phenoxy) is 1. The highest BCUT2D eigenvalue weighted by atomic mass is 35.5. The van der Waals surface area contributed by atoms with Gasteiger partial charge in [-0.1, -0.05) is 29.3 Å². The van der Waals surface area contributed by atoms with Crippen molar-refractivity contribution in [1.29, 1.82) is 0 Å². The second-order valence-electron chi connectivity index (χ2n) is 5.64. The van der Waals surface area contributed by atoms with Gasteiger partial charge >= 0.3 is 12.0 Å². The summed E-state index contributed by atoms with van der Waals surface area (Å²) < 4.78 is 30.8. The van der Waals surface area contributed by atoms with E-state index >= 15 is 0 Å². The zero-order chi connectivity index (χ0) is 20.1. The molecule has 2 N–H and O–H groups in total. The molecule has 3 amide bonds. The molecule has 2 rings (SSSR count). The number of halogens is 3. The number of hydrogen-bond acceptors (Lipinski definition) is 4. The van der Waals surface area contributed by atoms with Crippen molar-refractivity contribution in [2.24, 2.45) is 0 Å². The summed E-state index contributed by atoms with van der Waals surface area (Å²) in [7, 11) is 0. The fraction of sp³-hybridized carbons (Fsp3) is 0.167. The number of benzene rings is 2. The van der Waals surface area contributed by atoms with E-state index in [2.05, 4.69) is 10.1 Å². The number of hydrogen-bond donors (Lipinski definition) is 2. The summed E-state index contributed by atoms with van der Waals surface area (Å²) in [5.41, 5.74) is 1.88. The highest BCUT2D eigenvalue weighted by Crippen LogP contribution is 2.21. The smallest absolute Gasteiger partial charge is 0.340 e. The number of anilines is 1. The first-order valence-electron chi connectivity index (χ1n) is 7.67. The van der Waals surface area contributed by atoms with E-state index in [1.54, 1.807) is 19.1 Å². The molecule has 0 heterocycles. The van der Waals surface area contributed by atoms with Gasteiger partial charge in [0, 0.05) is 5.69 Å². The lowest BCUT2D eigenvalue weighted by Gasteiger charge is -2.10. The Balaban J connectivity index is 1.89. The van der Waals surface area contributed by atoms with E-state index in [4.69, 9.17) is 11.6 Å². The Kier molecular flexibility index (Phi) is 6.46. The van der Waals surface area contributed by atoms with Crippen LogP contribution in [0.3, 0.4) is 0 Å². The number of esters is 1. The van der Waals surface area contributed by atoms with Crippen LogP contribution in [0.1, 0.15) is 21.5 Å². The minimum Gasteiger partial charge on any atom is -0.452 e. The molecular weight excluding hydrogens is 382 g/mol. The zero-order valence-corrected chi connectivity index (χ0v) is 15.1. The molecule has 0 atom stereocenters. The molecule has 2 aromatic rings. The van der Waals surface area contributed by atoms with Crippen LogP contribution in [0.4, 0.5) is 19.3 Å². The predicted octanol–water partition coefficient (Wildman–Crippen LogP) is 3.74. The van der Waals surface area contributed by atoms with Crippen molar-refractivity contribution in [2.45, 2.75) is 13.8 Å². The molecule has 0 aliphatic rings. The van der Waals surface area contributed by atoms with Gasteiger partial charge in [0.2, 0.25) is 0 Å². The number of nitrogens with one attached hydrogen (secondary N) is 2. The fourth-order valence-electron chi connectivity index (χ4n) is 2.16. The van der Waals surface area contributed by atoms with Crippen LogP contribution in [-0.2, 0) is 9.53 Å². The van der Waals surface area contributed by atoms with E-state index < -0.39 is 41.7 Å². The van der Waals surface area contributed by atoms with E-state index in [1.165, 1.54) is 0 Å². The summed E-state index contributed by atoms with van der Waals surface area (Å²) in [6.45, 7) is 2.88. The molecule has 0 bridgehead atoms. The molecular formula is C18H15ClF2N2O4. The molecule has 0 saturated heterocycles. The van der Waals surface area contributed by atoms with Gasteiger partial charge in [0.25, 0.3) is 5.91 Å². The second kappa shape index (κ2) is 8.59. The minimum atomic E-state index is -1.29. The number of urea groups is 1. The van der Waals surface area contributed by atoms with Crippen LogP contribution in [0.5, 0.6) is 0 Å². The first-order chi connectivity index (χ1) is 12.7. The van der Waals surface area contributed by atoms with Gasteiger partial charge < -0.3 is 10.1 Å². The van der Waals surface area contributed by atoms with Gasteiger partial charge in [-0.3, -0.25) is 10.1 Å². The molecule has 0 spiro atoms. The Labute approximate surface area is 158 Å². The normalized spacial score (nSPS) is 10.3. The van der Waals surface area contributed by atoms with Gasteiger partial charge in [0.05, 0.1) is 10.6 Å². The predicted molar refractivity (Wildman–Crippen MR) is 94.7 cm³/mol. The lowest BCUT2D eigenvalue weighted by molar-refractivity contribution is -0.123. The molecule has 0 aliphatic carbocycles. The SMILES string of the molecule is Cc1ccc(NC(=O)NC(=O)COC(=O)c2cc(F)c(F)cc2Cl)c(C)c1. The molecule has 6 nitrogen and oxygen atoms in total. The molecule has 9 heteroatoms. The van der Waals surface area contributed by atoms with Crippen LogP contribution in [-0.4, -0.2) is 24.5 Å². The monoisotopic (exact) mass is 396 g/mol. The lowest BCUT2D eigenvalue weighted by Crippen LogP contribution is -2.37. The van der Waals surface area contributed by atoms with E-state index in [9.17, 15) is 23.2 Å². The van der Waals surface area contributed by atoms with E-state index in [-0.39, 0.29) is 5.02 Å². The first kappa shape index (κ1) is 20.3. The van der Waals surface area contributed by atoms with Crippen molar-refractivity contribution in [1.82, 2.24) is 5.32 Å². The summed E-state index contributed by atoms with van der Waals surface area (Å²) in [6, 6.07) is 5.69. The molecule has 0 unspecified atom stereocenters. The number of carbonyl (C=O) groups is 3. The van der Waals surface area contributed by atoms with Crippen LogP contribution in [0, 0.1) is 25.5 Å². The van der Waals surface area contributed by atoms with Crippen LogP contribution >= 0.6 is 11.6 Å². The Hall–Kier alpha value is -3.00. The van der Waals surface area contributed by atoms with Crippen LogP contribution in [0.25, 0.3) is 0 Å². The Bertz CT molecular complexity index is 918. The molecule has 0 radical (unpaired) electrons. The Morgan fingerprint density at radius 1 is 1.07 bits per heavy atom. The van der Waals surface area contributed by atoms with E-state index in [0.29, 0.717) is 17.8 Å². The zero-order valence-electron chi connectivity index (χ0n) is 14.4. The Morgan fingerprint density at radius 2 is 1.74 bits per heavy atom. The van der Waals surface area contributed by atoms with Crippen LogP contribution in [0.15, 0.2) is 30.3 Å². The van der Waals surface area contributed by atoms with Crippen molar-refractivity contribution in [3.8, 4) is 0 Å². The van der Waals surface area contributed by atoms with Crippen molar-refractivity contribution >= 4 is 35.2 Å². The van der Waals surface area contributed by atoms with E-state index in [1.807, 2.05) is 18.3 Å². The van der Waals surface area contributed by atoms with Crippen LogP contribution in [0.2, 0.25) is 5.02 Å². The second-order valence-corrected chi connectivity index (χ2v) is 6.05. The Morgan fingerprint density at radius 3 is 2.41 bits per heavy atom. The van der Waals surface area contributed by atoms with Gasteiger partial charge in [-0.2, -0.15) is 0 Å². The molecule has 142 valence electrons. The first-order valence-corrected chi connectivity index (χ1v) is 8.05. The van der Waals surface area contributed by atoms with Gasteiger partial charge in [-0.05, 0) is 37.6 Å². The highest BCUT2D eigenvalue weighted by Gasteiger charge is 2.18. The number of aryl methyl sites for hydroxylation is 2. The van der Waals surface area contributed by atoms with Crippen molar-refractivity contribution in [3.63, 3.8) is 0 Å². The molecule has 0 aliphatic heterocycles. The molecule has 2 aromatic carbocycles. The fourth-order valence-corrected chi connectivity index (χ4v) is 2.39. The molecule has 27 heavy (non-hydrogen) atoms. The third kappa shape index (κ3) is 5.49. The third-order valence-electron chi connectivity index (χ3n) is 3.45. The maximum absolute atomic E-state index is 13.2. The maximum atomic E-state index is 13.2. The average molecular weight is 397 g/mol. The van der Waals surface area contributed by atoms with Crippen molar-refractivity contribution in [3.05, 3.63) is 63.7 Å². The molecule has 0 fully saturated rings. The maximum Gasteiger partial charge on any atom is 0.340 e. The summed E-state index contributed by atoms with van der Waals surface area (Å²) in [5.74, 6) is -4.56. The van der Waals surface area contributed by atoms with Crippen molar-refractivity contribution < 1.29 is 27.9 Å². The topological polar surface area (TPSA) is 84.5 Å². The quantitative estimate of drug-likeness (QED) is 0.609. The van der Waals surface area contributed by atoms with Crippen LogP contribution < -0.4 is 10.6 Å². The summed E-state index contributed by atoms with van der Waals surface area (Å²) in [4.78, 5) is 35.3. The van der Waals surface area contributed by atoms with E-state index in [0.717, 1.165) is 11.1 Å². The number of rotatable bonds is 4. The summed E-state index contributed by atoms with van der Waals surface area (Å²) in [6.07, 6.45) is 0. The third-order valence-corrected chi connectivity index (χ3v) is 3.76. The van der Waals surface area contributed by atoms with Gasteiger partial charge in [0.15, 0.2) is 18.2 Å². The summed E-state index contributed by atoms with van der Waals surface area (Å²) in [5, 5.41) is 4.10. The molecule has 0 saturated carbocycles. The number of amides is 3. The summed E-state index contributed by atoms with van der Waals surface area (Å²) >= 11 is 5.64. The average Bonchev–Trinajstić information content (AvgIpc) is 2.58. The van der Waals surface area contributed by atoms with Gasteiger partial charge in [-0.25, -0.2) is 18.4 Å². The van der Waals surface area contributed by atoms with Gasteiger partial charge in [-0.15, -0.1) is 0 Å². The minimum absolute atomic E-state index is 0.369. The largest absolute Gasteiger partial charge is 0.452 e. The number of imide groups is 1.